The molecule has 1 aliphatic heterocycles. The molecule has 0 aliphatic carbocycles. The molecule has 1 saturated heterocycles. The van der Waals surface area contributed by atoms with Gasteiger partial charge in [-0.05, 0) is 68.2 Å². The molecule has 0 saturated carbocycles. The quantitative estimate of drug-likeness (QED) is 0.162. The van der Waals surface area contributed by atoms with Crippen molar-refractivity contribution in [3.63, 3.8) is 0 Å². The smallest absolute Gasteiger partial charge is 0.399 e. The lowest BCUT2D eigenvalue weighted by Crippen LogP contribution is -2.41. The maximum absolute atomic E-state index is 6.32. The summed E-state index contributed by atoms with van der Waals surface area (Å²) >= 11 is 0. The molecule has 43 heavy (non-hydrogen) atoms. The average molecular weight is 559 g/mol. The first-order valence-corrected chi connectivity index (χ1v) is 14.7. The van der Waals surface area contributed by atoms with Gasteiger partial charge in [0.15, 0.2) is 0 Å². The molecule has 208 valence electrons. The zero-order valence-corrected chi connectivity index (χ0v) is 24.6. The number of benzene rings is 4. The summed E-state index contributed by atoms with van der Waals surface area (Å²) in [6, 6.07) is 35.8. The van der Waals surface area contributed by atoms with Gasteiger partial charge < -0.3 is 9.31 Å². The number of nitrogens with zero attached hydrogens (tertiary/aromatic N) is 3. The summed E-state index contributed by atoms with van der Waals surface area (Å²) < 4.78 is 12.6. The van der Waals surface area contributed by atoms with Gasteiger partial charge in [-0.2, -0.15) is 0 Å². The number of hydrogen-bond acceptors (Lipinski definition) is 5. The molecule has 4 aromatic carbocycles. The van der Waals surface area contributed by atoms with Gasteiger partial charge >= 0.3 is 7.12 Å². The van der Waals surface area contributed by atoms with Gasteiger partial charge in [0.25, 0.3) is 0 Å². The summed E-state index contributed by atoms with van der Waals surface area (Å²) in [6.45, 7) is 8.30. The molecule has 1 aliphatic rings. The summed E-state index contributed by atoms with van der Waals surface area (Å²) in [5, 5.41) is 5.51. The van der Waals surface area contributed by atoms with Gasteiger partial charge in [-0.3, -0.25) is 4.98 Å². The van der Waals surface area contributed by atoms with Crippen molar-refractivity contribution in [2.75, 3.05) is 0 Å². The second-order valence-corrected chi connectivity index (χ2v) is 12.4. The minimum Gasteiger partial charge on any atom is -0.399 e. The van der Waals surface area contributed by atoms with Gasteiger partial charge in [-0.25, -0.2) is 9.97 Å². The van der Waals surface area contributed by atoms with E-state index in [1.807, 2.05) is 12.3 Å². The van der Waals surface area contributed by atoms with Crippen LogP contribution in [0.25, 0.3) is 66.0 Å². The van der Waals surface area contributed by atoms with Crippen LogP contribution in [0.5, 0.6) is 0 Å². The Hall–Kier alpha value is -4.65. The Kier molecular flexibility index (Phi) is 5.71. The Morgan fingerprint density at radius 3 is 1.84 bits per heavy atom. The van der Waals surface area contributed by atoms with E-state index in [1.54, 1.807) is 0 Å². The zero-order chi connectivity index (χ0) is 29.3. The van der Waals surface area contributed by atoms with Crippen LogP contribution in [0, 0.1) is 0 Å². The maximum Gasteiger partial charge on any atom is 0.494 e. The maximum atomic E-state index is 6.32. The molecule has 4 heterocycles. The van der Waals surface area contributed by atoms with Crippen LogP contribution in [0.15, 0.2) is 109 Å². The fraction of sp³-hybridized carbons (Fsp3) is 0.162. The lowest BCUT2D eigenvalue weighted by atomic mass is 9.78. The third kappa shape index (κ3) is 4.21. The highest BCUT2D eigenvalue weighted by atomic mass is 16.7. The fourth-order valence-electron chi connectivity index (χ4n) is 6.03. The van der Waals surface area contributed by atoms with E-state index >= 15 is 0 Å². The molecule has 7 aromatic rings. The first kappa shape index (κ1) is 26.0. The predicted octanol–water partition coefficient (Wildman–Crippen LogP) is 8.12. The zero-order valence-electron chi connectivity index (χ0n) is 24.6. The van der Waals surface area contributed by atoms with Crippen LogP contribution in [0.1, 0.15) is 27.7 Å². The van der Waals surface area contributed by atoms with E-state index in [1.165, 1.54) is 0 Å². The van der Waals surface area contributed by atoms with Crippen LogP contribution in [0.3, 0.4) is 0 Å². The van der Waals surface area contributed by atoms with Crippen LogP contribution in [-0.2, 0) is 9.31 Å². The molecule has 0 unspecified atom stereocenters. The van der Waals surface area contributed by atoms with Crippen LogP contribution in [-0.4, -0.2) is 33.3 Å². The molecule has 0 spiro atoms. The summed E-state index contributed by atoms with van der Waals surface area (Å²) in [7, 11) is -0.429. The second kappa shape index (κ2) is 9.43. The molecule has 0 amide bonds. The molecular weight excluding hydrogens is 529 g/mol. The summed E-state index contributed by atoms with van der Waals surface area (Å²) in [5.74, 6) is 0. The Morgan fingerprint density at radius 2 is 1.14 bits per heavy atom. The third-order valence-electron chi connectivity index (χ3n) is 9.15. The van der Waals surface area contributed by atoms with E-state index < -0.39 is 18.3 Å². The minimum absolute atomic E-state index is 0.397. The van der Waals surface area contributed by atoms with Crippen LogP contribution in [0.4, 0.5) is 0 Å². The standard InChI is InChI=1S/C37H30BN3O2/c1-36(2)37(3,4)43-38(42-36)26-16-13-23-14-19-31(40-33(23)22-26)29-17-18-30(28-10-6-5-9-27(28)29)32-20-15-25-12-11-24-8-7-21-39-34(24)35(25)41-32/h5-22H,1-4H3. The first-order valence-electron chi connectivity index (χ1n) is 14.7. The largest absolute Gasteiger partial charge is 0.494 e. The van der Waals surface area contributed by atoms with Crippen molar-refractivity contribution >= 4 is 56.1 Å². The van der Waals surface area contributed by atoms with Crippen molar-refractivity contribution in [1.29, 1.82) is 0 Å². The lowest BCUT2D eigenvalue weighted by Gasteiger charge is -2.32. The Labute approximate surface area is 250 Å². The molecule has 1 fully saturated rings. The van der Waals surface area contributed by atoms with E-state index in [-0.39, 0.29) is 0 Å². The SMILES string of the molecule is CC1(C)OB(c2ccc3ccc(-c4ccc(-c5ccc6ccc7cccnc7c6n5)c5ccccc45)nc3c2)OC1(C)C. The van der Waals surface area contributed by atoms with Gasteiger partial charge in [0.2, 0.25) is 0 Å². The molecule has 0 bridgehead atoms. The van der Waals surface area contributed by atoms with Gasteiger partial charge in [0.1, 0.15) is 0 Å². The highest BCUT2D eigenvalue weighted by molar-refractivity contribution is 6.62. The van der Waals surface area contributed by atoms with E-state index in [0.29, 0.717) is 0 Å². The van der Waals surface area contributed by atoms with Crippen molar-refractivity contribution in [3.05, 3.63) is 109 Å². The van der Waals surface area contributed by atoms with Gasteiger partial charge in [0, 0.05) is 33.5 Å². The van der Waals surface area contributed by atoms with Crippen molar-refractivity contribution in [2.24, 2.45) is 0 Å². The monoisotopic (exact) mass is 559 g/mol. The number of pyridine rings is 3. The highest BCUT2D eigenvalue weighted by Gasteiger charge is 2.51. The molecule has 0 N–H and O–H groups in total. The number of rotatable bonds is 3. The Balaban J connectivity index is 1.23. The van der Waals surface area contributed by atoms with Crippen molar-refractivity contribution in [1.82, 2.24) is 15.0 Å². The van der Waals surface area contributed by atoms with Gasteiger partial charge in [-0.1, -0.05) is 78.9 Å². The topological polar surface area (TPSA) is 57.1 Å². The lowest BCUT2D eigenvalue weighted by molar-refractivity contribution is 0.00578. The van der Waals surface area contributed by atoms with E-state index in [9.17, 15) is 0 Å². The van der Waals surface area contributed by atoms with Gasteiger partial charge in [-0.15, -0.1) is 0 Å². The van der Waals surface area contributed by atoms with Crippen LogP contribution in [0.2, 0.25) is 0 Å². The highest BCUT2D eigenvalue weighted by Crippen LogP contribution is 2.38. The molecule has 3 aromatic heterocycles. The average Bonchev–Trinajstić information content (AvgIpc) is 3.25. The second-order valence-electron chi connectivity index (χ2n) is 12.4. The van der Waals surface area contributed by atoms with E-state index in [0.717, 1.165) is 71.5 Å². The van der Waals surface area contributed by atoms with E-state index in [4.69, 9.17) is 19.3 Å². The predicted molar refractivity (Wildman–Crippen MR) is 176 cm³/mol. The molecule has 0 atom stereocenters. The molecule has 8 rings (SSSR count). The number of hydrogen-bond donors (Lipinski definition) is 0. The van der Waals surface area contributed by atoms with Gasteiger partial charge in [0.05, 0.1) is 39.1 Å². The molecule has 0 radical (unpaired) electrons. The summed E-state index contributed by atoms with van der Waals surface area (Å²) in [6.07, 6.45) is 1.83. The Bertz CT molecular complexity index is 2210. The summed E-state index contributed by atoms with van der Waals surface area (Å²) in [4.78, 5) is 14.9. The summed E-state index contributed by atoms with van der Waals surface area (Å²) in [5.41, 5.74) is 6.93. The minimum atomic E-state index is -0.429. The molecule has 6 heteroatoms. The third-order valence-corrected chi connectivity index (χ3v) is 9.15. The van der Waals surface area contributed by atoms with Crippen LogP contribution >= 0.6 is 0 Å². The number of fused-ring (bicyclic) bond motifs is 5. The van der Waals surface area contributed by atoms with Crippen molar-refractivity contribution in [2.45, 2.75) is 38.9 Å². The molecule has 5 nitrogen and oxygen atoms in total. The van der Waals surface area contributed by atoms with E-state index in [2.05, 4.69) is 130 Å². The van der Waals surface area contributed by atoms with Crippen molar-refractivity contribution in [3.8, 4) is 22.5 Å². The number of aromatic nitrogens is 3. The Morgan fingerprint density at radius 1 is 0.558 bits per heavy atom. The normalized spacial score (nSPS) is 16.0. The van der Waals surface area contributed by atoms with Crippen molar-refractivity contribution < 1.29 is 9.31 Å². The fourth-order valence-corrected chi connectivity index (χ4v) is 6.03. The van der Waals surface area contributed by atoms with Crippen LogP contribution < -0.4 is 5.46 Å². The molecular formula is C37H30BN3O2. The first-order chi connectivity index (χ1) is 20.8.